The zero-order chi connectivity index (χ0) is 20.1. The Morgan fingerprint density at radius 1 is 1.03 bits per heavy atom. The van der Waals surface area contributed by atoms with Gasteiger partial charge in [0.25, 0.3) is 5.91 Å². The van der Waals surface area contributed by atoms with Crippen LogP contribution in [-0.4, -0.2) is 49.6 Å². The number of pyridine rings is 1. The fourth-order valence-corrected chi connectivity index (χ4v) is 3.90. The third kappa shape index (κ3) is 4.70. The van der Waals surface area contributed by atoms with E-state index >= 15 is 0 Å². The number of hydrogen-bond donors (Lipinski definition) is 1. The van der Waals surface area contributed by atoms with Crippen molar-refractivity contribution in [3.05, 3.63) is 53.4 Å². The molecule has 0 unspecified atom stereocenters. The van der Waals surface area contributed by atoms with E-state index in [1.54, 1.807) is 24.5 Å². The van der Waals surface area contributed by atoms with Crippen LogP contribution in [0.5, 0.6) is 0 Å². The van der Waals surface area contributed by atoms with Crippen molar-refractivity contribution in [3.8, 4) is 0 Å². The number of carbonyl (C=O) groups is 2. The molecule has 1 N–H and O–H groups in total. The van der Waals surface area contributed by atoms with Gasteiger partial charge in [0.2, 0.25) is 5.91 Å². The minimum Gasteiger partial charge on any atom is -0.345 e. The molecule has 2 amide bonds. The molecule has 0 bridgehead atoms. The maximum Gasteiger partial charge on any atom is 0.251 e. The van der Waals surface area contributed by atoms with Crippen LogP contribution in [0.2, 0.25) is 0 Å². The minimum absolute atomic E-state index is 0.170. The highest BCUT2D eigenvalue weighted by molar-refractivity contribution is 5.93. The normalized spacial score (nSPS) is 16.6. The highest BCUT2D eigenvalue weighted by atomic mass is 16.2. The Morgan fingerprint density at radius 3 is 2.69 bits per heavy atom. The third-order valence-corrected chi connectivity index (χ3v) is 5.57. The van der Waals surface area contributed by atoms with Crippen molar-refractivity contribution in [1.29, 1.82) is 0 Å². The van der Waals surface area contributed by atoms with Crippen molar-refractivity contribution >= 4 is 11.8 Å². The molecule has 152 valence electrons. The molecule has 0 saturated heterocycles. The lowest BCUT2D eigenvalue weighted by atomic mass is 9.97. The third-order valence-electron chi connectivity index (χ3n) is 5.57. The average Bonchev–Trinajstić information content (AvgIpc) is 3.02. The maximum absolute atomic E-state index is 12.7. The molecular formula is C21H26N6O2. The quantitative estimate of drug-likeness (QED) is 0.782. The van der Waals surface area contributed by atoms with Crippen molar-refractivity contribution in [1.82, 2.24) is 30.0 Å². The summed E-state index contributed by atoms with van der Waals surface area (Å²) in [5.74, 6) is 1.61. The first-order valence-electron chi connectivity index (χ1n) is 10.3. The standard InChI is InChI=1S/C21H26N6O2/c28-20(14-16-4-2-1-3-5-16)26-11-8-18-24-25-19(27(18)13-12-26)15-23-21(29)17-6-9-22-10-7-17/h4,6-7,9-10H,1-3,5,8,11-15H2,(H,23,29). The van der Waals surface area contributed by atoms with Crippen LogP contribution in [0.1, 0.15) is 54.1 Å². The molecule has 2 aromatic heterocycles. The Kier molecular flexibility index (Phi) is 5.97. The van der Waals surface area contributed by atoms with Gasteiger partial charge >= 0.3 is 0 Å². The van der Waals surface area contributed by atoms with Gasteiger partial charge in [-0.15, -0.1) is 10.2 Å². The molecule has 0 atom stereocenters. The van der Waals surface area contributed by atoms with Crippen molar-refractivity contribution in [2.45, 2.75) is 51.6 Å². The van der Waals surface area contributed by atoms with Crippen LogP contribution in [0.3, 0.4) is 0 Å². The number of allylic oxidation sites excluding steroid dienone is 1. The smallest absolute Gasteiger partial charge is 0.251 e. The molecule has 0 radical (unpaired) electrons. The van der Waals surface area contributed by atoms with E-state index in [9.17, 15) is 9.59 Å². The molecule has 2 aliphatic rings. The highest BCUT2D eigenvalue weighted by Gasteiger charge is 2.22. The topological polar surface area (TPSA) is 93.0 Å². The molecule has 4 rings (SSSR count). The van der Waals surface area contributed by atoms with Crippen LogP contribution in [-0.2, 0) is 24.3 Å². The SMILES string of the molecule is O=C(NCc1nnc2n1CCN(C(=O)CC1=CCCCC1)CC2)c1ccncc1. The molecular weight excluding hydrogens is 368 g/mol. The van der Waals surface area contributed by atoms with E-state index in [0.29, 0.717) is 50.4 Å². The summed E-state index contributed by atoms with van der Waals surface area (Å²) in [4.78, 5) is 30.8. The number of amides is 2. The molecule has 2 aromatic rings. The lowest BCUT2D eigenvalue weighted by Crippen LogP contribution is -2.34. The van der Waals surface area contributed by atoms with E-state index in [0.717, 1.165) is 18.7 Å². The number of fused-ring (bicyclic) bond motifs is 1. The number of carbonyl (C=O) groups excluding carboxylic acids is 2. The van der Waals surface area contributed by atoms with Gasteiger partial charge in [0.1, 0.15) is 5.82 Å². The first kappa shape index (κ1) is 19.3. The summed E-state index contributed by atoms with van der Waals surface area (Å²) in [6.45, 7) is 2.25. The lowest BCUT2D eigenvalue weighted by Gasteiger charge is -2.22. The first-order valence-corrected chi connectivity index (χ1v) is 10.3. The van der Waals surface area contributed by atoms with Gasteiger partial charge in [-0.2, -0.15) is 0 Å². The molecule has 0 saturated carbocycles. The summed E-state index contributed by atoms with van der Waals surface area (Å²) >= 11 is 0. The van der Waals surface area contributed by atoms with Gasteiger partial charge < -0.3 is 14.8 Å². The summed E-state index contributed by atoms with van der Waals surface area (Å²) in [6.07, 6.45) is 11.2. The van der Waals surface area contributed by atoms with Gasteiger partial charge in [0.05, 0.1) is 6.54 Å². The molecule has 0 fully saturated rings. The summed E-state index contributed by atoms with van der Waals surface area (Å²) in [7, 11) is 0. The monoisotopic (exact) mass is 394 g/mol. The first-order chi connectivity index (χ1) is 14.2. The van der Waals surface area contributed by atoms with Crippen LogP contribution in [0, 0.1) is 0 Å². The van der Waals surface area contributed by atoms with E-state index in [1.807, 2.05) is 9.47 Å². The zero-order valence-electron chi connectivity index (χ0n) is 16.5. The molecule has 8 heteroatoms. The van der Waals surface area contributed by atoms with Gasteiger partial charge in [-0.05, 0) is 37.8 Å². The Bertz CT molecular complexity index is 905. The van der Waals surface area contributed by atoms with E-state index in [-0.39, 0.29) is 11.8 Å². The Labute approximate surface area is 170 Å². The molecule has 3 heterocycles. The van der Waals surface area contributed by atoms with Crippen LogP contribution in [0.15, 0.2) is 36.2 Å². The summed E-state index contributed by atoms with van der Waals surface area (Å²) in [6, 6.07) is 3.34. The van der Waals surface area contributed by atoms with Crippen LogP contribution >= 0.6 is 0 Å². The molecule has 29 heavy (non-hydrogen) atoms. The van der Waals surface area contributed by atoms with Gasteiger partial charge in [0, 0.05) is 50.4 Å². The van der Waals surface area contributed by atoms with Crippen molar-refractivity contribution in [2.75, 3.05) is 13.1 Å². The van der Waals surface area contributed by atoms with E-state index in [2.05, 4.69) is 26.6 Å². The second-order valence-electron chi connectivity index (χ2n) is 7.52. The molecule has 1 aliphatic heterocycles. The van der Waals surface area contributed by atoms with Gasteiger partial charge in [-0.25, -0.2) is 0 Å². The Hall–Kier alpha value is -3.03. The molecule has 0 aromatic carbocycles. The summed E-state index contributed by atoms with van der Waals surface area (Å²) < 4.78 is 2.03. The van der Waals surface area contributed by atoms with Crippen LogP contribution < -0.4 is 5.32 Å². The second-order valence-corrected chi connectivity index (χ2v) is 7.52. The summed E-state index contributed by atoms with van der Waals surface area (Å²) in [5, 5.41) is 11.4. The number of rotatable bonds is 5. The fourth-order valence-electron chi connectivity index (χ4n) is 3.90. The van der Waals surface area contributed by atoms with Crippen molar-refractivity contribution in [2.24, 2.45) is 0 Å². The van der Waals surface area contributed by atoms with E-state index in [4.69, 9.17) is 0 Å². The predicted molar refractivity (Wildman–Crippen MR) is 107 cm³/mol. The lowest BCUT2D eigenvalue weighted by molar-refractivity contribution is -0.130. The van der Waals surface area contributed by atoms with Gasteiger partial charge in [0.15, 0.2) is 5.82 Å². The maximum atomic E-state index is 12.7. The summed E-state index contributed by atoms with van der Waals surface area (Å²) in [5.41, 5.74) is 1.84. The number of aromatic nitrogens is 4. The zero-order valence-corrected chi connectivity index (χ0v) is 16.5. The van der Waals surface area contributed by atoms with Gasteiger partial charge in [-0.3, -0.25) is 14.6 Å². The Morgan fingerprint density at radius 2 is 1.90 bits per heavy atom. The van der Waals surface area contributed by atoms with Crippen molar-refractivity contribution < 1.29 is 9.59 Å². The second kappa shape index (κ2) is 8.98. The number of nitrogens with zero attached hydrogens (tertiary/aromatic N) is 5. The van der Waals surface area contributed by atoms with Crippen LogP contribution in [0.4, 0.5) is 0 Å². The molecule has 8 nitrogen and oxygen atoms in total. The molecule has 1 aliphatic carbocycles. The Balaban J connectivity index is 1.34. The van der Waals surface area contributed by atoms with E-state index < -0.39 is 0 Å². The highest BCUT2D eigenvalue weighted by Crippen LogP contribution is 2.21. The minimum atomic E-state index is -0.170. The van der Waals surface area contributed by atoms with Crippen LogP contribution in [0.25, 0.3) is 0 Å². The predicted octanol–water partition coefficient (Wildman–Crippen LogP) is 1.88. The number of nitrogens with one attached hydrogen (secondary N) is 1. The largest absolute Gasteiger partial charge is 0.345 e. The van der Waals surface area contributed by atoms with Crippen molar-refractivity contribution in [3.63, 3.8) is 0 Å². The van der Waals surface area contributed by atoms with E-state index in [1.165, 1.54) is 18.4 Å². The average molecular weight is 394 g/mol. The number of hydrogen-bond acceptors (Lipinski definition) is 5. The molecule has 0 spiro atoms. The fraction of sp³-hybridized carbons (Fsp3) is 0.476. The van der Waals surface area contributed by atoms with Gasteiger partial charge in [-0.1, -0.05) is 11.6 Å².